The third-order valence-corrected chi connectivity index (χ3v) is 21.6. The molecule has 0 fully saturated rings. The summed E-state index contributed by atoms with van der Waals surface area (Å²) < 4.78 is 80.0. The van der Waals surface area contributed by atoms with Gasteiger partial charge in [0.25, 0.3) is 29.0 Å². The van der Waals surface area contributed by atoms with E-state index in [4.69, 9.17) is 12.6 Å². The predicted molar refractivity (Wildman–Crippen MR) is 387 cm³/mol. The fourth-order valence-electron chi connectivity index (χ4n) is 15.9. The first-order valence-corrected chi connectivity index (χ1v) is 34.4. The smallest absolute Gasteiger partial charge is 0.347 e. The molecule has 0 aliphatic carbocycles. The normalized spacial score (nSPS) is 14.0. The van der Waals surface area contributed by atoms with E-state index in [1.807, 2.05) is 124 Å². The van der Waals surface area contributed by atoms with Crippen molar-refractivity contribution in [3.05, 3.63) is 261 Å². The number of hydrogen-bond donors (Lipinski definition) is 0. The summed E-state index contributed by atoms with van der Waals surface area (Å²) in [4.78, 5) is 43.6. The van der Waals surface area contributed by atoms with Gasteiger partial charge < -0.3 is 13.6 Å². The van der Waals surface area contributed by atoms with E-state index in [1.165, 1.54) is 75.9 Å². The summed E-state index contributed by atoms with van der Waals surface area (Å²) in [7, 11) is 2.08. The van der Waals surface area contributed by atoms with E-state index >= 15 is 0 Å². The Morgan fingerprint density at radius 3 is 1.51 bits per heavy atom. The monoisotopic (exact) mass is 1380 g/mol. The topological polar surface area (TPSA) is 212 Å². The molecule has 0 radical (unpaired) electrons. The second-order valence-corrected chi connectivity index (χ2v) is 27.0. The molecule has 104 heavy (non-hydrogen) atoms. The molecule has 0 spiro atoms. The van der Waals surface area contributed by atoms with Crippen molar-refractivity contribution in [1.82, 2.24) is 90.9 Å². The summed E-state index contributed by atoms with van der Waals surface area (Å²) in [6, 6.07) is 32.3. The van der Waals surface area contributed by atoms with Gasteiger partial charge in [0.15, 0.2) is 45.7 Å². The van der Waals surface area contributed by atoms with Crippen LogP contribution in [0.1, 0.15) is 36.0 Å². The minimum Gasteiger partial charge on any atom is -0.413 e. The van der Waals surface area contributed by atoms with Gasteiger partial charge in [0.1, 0.15) is 49.3 Å². The number of nitrogens with zero attached hydrogens (tertiary/aromatic N) is 24. The van der Waals surface area contributed by atoms with Crippen molar-refractivity contribution < 1.29 is 35.5 Å². The second-order valence-electron chi connectivity index (χ2n) is 26.0. The fourth-order valence-corrected chi connectivity index (χ4v) is 17.1. The SMILES string of the molecule is Cn1c2cnccc2n2c3[n+](cc12)Cc1ccncc1-3.[2H]C([2H])([2H])n1c2cnccc2c2oc3[n+](c21)Cc1ccncc1-3.[2H]C([2H])([2H])n1c2cnccc2n2c3[n+](cc12)Cc1ccncc1-3.c1ccc(-n2c3cnccc3n3c4[n+](cc23)Cc2ccncc2-4)cc1.c1cnn2c(c1)nc1sc3[n+](c12)Cc1ccncc1-3. The molecule has 20 aromatic heterocycles. The zero-order valence-electron chi connectivity index (χ0n) is 61.0. The van der Waals surface area contributed by atoms with E-state index < -0.39 is 14.0 Å². The number of aromatic nitrogens is 24. The van der Waals surface area contributed by atoms with Gasteiger partial charge in [-0.3, -0.25) is 49.4 Å². The molecule has 0 saturated carbocycles. The van der Waals surface area contributed by atoms with Gasteiger partial charge in [0, 0.05) is 163 Å². The molecular formula is C78H57N24OS+5. The maximum absolute atomic E-state index is 7.92. The Labute approximate surface area is 600 Å². The highest BCUT2D eigenvalue weighted by atomic mass is 32.1. The molecule has 5 aliphatic rings. The minimum atomic E-state index is -2.32. The third-order valence-electron chi connectivity index (χ3n) is 20.5. The summed E-state index contributed by atoms with van der Waals surface area (Å²) in [5.41, 5.74) is 25.5. The average molecular weight is 1380 g/mol. The summed E-state index contributed by atoms with van der Waals surface area (Å²) >= 11 is 1.71. The Bertz CT molecular complexity index is 7430. The maximum Gasteiger partial charge on any atom is 0.347 e. The van der Waals surface area contributed by atoms with Crippen molar-refractivity contribution in [3.8, 4) is 61.9 Å². The van der Waals surface area contributed by atoms with Crippen LogP contribution >= 0.6 is 11.3 Å². The lowest BCUT2D eigenvalue weighted by molar-refractivity contribution is -0.670. The lowest BCUT2D eigenvalue weighted by Gasteiger charge is -2.02. The number of pyridine rings is 9. The standard InChI is InChI=1S/C20H14N5.2C15H12N5.C15H11N4O.C13H8N5S/c1-2-4-15(5-3-1)24-18-11-22-9-7-17(18)25-19(24)13-23-12-14-6-8-21-10-16(14)20(23)25;2*1-18-13-7-17-5-3-12(13)20-14(18)9-19-8-10-2-4-16-6-11(10)15(19)20;1-18-12-7-17-5-3-10(12)13-14(18)19-8-9-2-4-16-6-11(9)15(19)20-13;1-2-10-16-11-12(18(10)15-4-1)17-7-8-3-5-14-6-9(8)13(17)19-11/h1-11,13H,12H2;2*2-7,9H,8H2,1H3;2-7H,8H2,1H3;1-6H,7H2/q5*+1/i;1D3;;1D3;. The highest BCUT2D eigenvalue weighted by Crippen LogP contribution is 2.39. The van der Waals surface area contributed by atoms with Gasteiger partial charge in [0.05, 0.1) is 75.3 Å². The number of aryl methyl sites for hydroxylation is 3. The van der Waals surface area contributed by atoms with Crippen LogP contribution in [-0.2, 0) is 53.7 Å². The van der Waals surface area contributed by atoms with Crippen molar-refractivity contribution >= 4 is 99.6 Å². The summed E-state index contributed by atoms with van der Waals surface area (Å²) in [5.74, 6) is 4.00. The van der Waals surface area contributed by atoms with Crippen LogP contribution in [0.5, 0.6) is 0 Å². The average Bonchev–Trinajstić information content (AvgIpc) is 1.58. The van der Waals surface area contributed by atoms with Gasteiger partial charge in [-0.1, -0.05) is 39.1 Å². The number of benzene rings is 1. The van der Waals surface area contributed by atoms with Crippen molar-refractivity contribution in [2.75, 3.05) is 0 Å². The van der Waals surface area contributed by atoms with Gasteiger partial charge in [-0.05, 0) is 54.6 Å². The molecule has 25 heterocycles. The number of imidazole rings is 7. The molecule has 0 amide bonds. The molecule has 0 N–H and O–H groups in total. The first kappa shape index (κ1) is 52.2. The lowest BCUT2D eigenvalue weighted by atomic mass is 10.2. The van der Waals surface area contributed by atoms with Crippen LogP contribution in [0.25, 0.3) is 150 Å². The summed E-state index contributed by atoms with van der Waals surface area (Å²) in [6.45, 7) is -0.616. The van der Waals surface area contributed by atoms with Crippen molar-refractivity contribution in [2.45, 2.75) is 32.7 Å². The van der Waals surface area contributed by atoms with Crippen molar-refractivity contribution in [1.29, 1.82) is 0 Å². The predicted octanol–water partition coefficient (Wildman–Crippen LogP) is 9.75. The zero-order valence-corrected chi connectivity index (χ0v) is 55.8. The van der Waals surface area contributed by atoms with Crippen LogP contribution in [0, 0.1) is 0 Å². The number of hydrogen-bond acceptors (Lipinski definition) is 13. The van der Waals surface area contributed by atoms with E-state index in [0.29, 0.717) is 40.3 Å². The Morgan fingerprint density at radius 2 is 0.894 bits per heavy atom. The van der Waals surface area contributed by atoms with Gasteiger partial charge in [-0.25, -0.2) is 22.8 Å². The van der Waals surface area contributed by atoms with E-state index in [0.717, 1.165) is 104 Å². The molecule has 496 valence electrons. The Hall–Kier alpha value is -13.9. The molecule has 0 saturated heterocycles. The molecule has 1 aromatic carbocycles. The Balaban J connectivity index is 0.0000000850. The van der Waals surface area contributed by atoms with E-state index in [1.54, 1.807) is 67.0 Å². The third kappa shape index (κ3) is 8.29. The zero-order chi connectivity index (χ0) is 73.6. The molecule has 26 rings (SSSR count). The van der Waals surface area contributed by atoms with Gasteiger partial charge >= 0.3 is 11.3 Å². The maximum atomic E-state index is 7.92. The number of oxazole rings is 1. The number of rotatable bonds is 1. The Kier molecular flexibility index (Phi) is 11.1. The van der Waals surface area contributed by atoms with Crippen LogP contribution in [0.2, 0.25) is 0 Å². The highest BCUT2D eigenvalue weighted by molar-refractivity contribution is 7.20. The summed E-state index contributed by atoms with van der Waals surface area (Å²) in [6.07, 6.45) is 40.7. The van der Waals surface area contributed by atoms with E-state index in [2.05, 4.69) is 165 Å². The minimum absolute atomic E-state index is 0.547. The summed E-state index contributed by atoms with van der Waals surface area (Å²) in [5, 5.41) is 6.38. The number of thiazole rings is 1. The van der Waals surface area contributed by atoms with Crippen molar-refractivity contribution in [2.24, 2.45) is 21.0 Å². The van der Waals surface area contributed by atoms with Gasteiger partial charge in [-0.15, -0.1) is 0 Å². The number of para-hydroxylation sites is 1. The van der Waals surface area contributed by atoms with E-state index in [9.17, 15) is 0 Å². The Morgan fingerprint density at radius 1 is 0.413 bits per heavy atom. The van der Waals surface area contributed by atoms with Crippen LogP contribution in [-0.4, -0.2) is 90.9 Å². The molecule has 21 aromatic rings. The van der Waals surface area contributed by atoms with E-state index in [-0.39, 0.29) is 0 Å². The molecule has 0 bridgehead atoms. The molecule has 26 heteroatoms. The molecule has 0 atom stereocenters. The molecular weight excluding hydrogens is 1320 g/mol. The molecule has 25 nitrogen and oxygen atoms in total. The molecule has 0 unspecified atom stereocenters. The largest absolute Gasteiger partial charge is 0.413 e. The van der Waals surface area contributed by atoms with Crippen LogP contribution in [0.3, 0.4) is 0 Å². The number of fused-ring (bicyclic) bond motifs is 35. The first-order valence-electron chi connectivity index (χ1n) is 36.6. The van der Waals surface area contributed by atoms with Gasteiger partial charge in [0.2, 0.25) is 27.4 Å². The van der Waals surface area contributed by atoms with Crippen LogP contribution in [0.15, 0.2) is 238 Å². The van der Waals surface area contributed by atoms with Crippen LogP contribution < -0.4 is 22.8 Å². The highest BCUT2D eigenvalue weighted by Gasteiger charge is 2.39. The molecule has 5 aliphatic heterocycles. The lowest BCUT2D eigenvalue weighted by Crippen LogP contribution is -2.32. The van der Waals surface area contributed by atoms with Crippen molar-refractivity contribution in [3.63, 3.8) is 0 Å². The quantitative estimate of drug-likeness (QED) is 0.141. The van der Waals surface area contributed by atoms with Gasteiger partial charge in [-0.2, -0.15) is 22.8 Å². The first-order chi connectivity index (χ1) is 53.8. The second kappa shape index (κ2) is 22.1. The fraction of sp³-hybridized carbons (Fsp3) is 0.103. The van der Waals surface area contributed by atoms with Crippen LogP contribution in [0.4, 0.5) is 0 Å².